The molecule has 0 radical (unpaired) electrons. The smallest absolute Gasteiger partial charge is 0.241 e. The zero-order valence-corrected chi connectivity index (χ0v) is 17.4. The van der Waals surface area contributed by atoms with Crippen molar-refractivity contribution < 1.29 is 9.53 Å². The molecule has 6 nitrogen and oxygen atoms in total. The number of carbonyl (C=O) groups excluding carboxylic acids is 1. The first-order valence-corrected chi connectivity index (χ1v) is 9.98. The normalized spacial score (nSPS) is 17.2. The highest BCUT2D eigenvalue weighted by Gasteiger charge is 2.29. The van der Waals surface area contributed by atoms with E-state index < -0.39 is 0 Å². The van der Waals surface area contributed by atoms with Gasteiger partial charge in [-0.3, -0.25) is 14.6 Å². The Hall–Kier alpha value is -2.59. The van der Waals surface area contributed by atoms with E-state index in [1.54, 1.807) is 25.3 Å². The van der Waals surface area contributed by atoms with Crippen LogP contribution in [0.1, 0.15) is 18.5 Å². The molecule has 0 aliphatic carbocycles. The number of nitrogens with zero attached hydrogens (tertiary/aromatic N) is 3. The van der Waals surface area contributed by atoms with Crippen molar-refractivity contribution in [2.24, 2.45) is 0 Å². The molecule has 3 rings (SSSR count). The Balaban J connectivity index is 1.60. The summed E-state index contributed by atoms with van der Waals surface area (Å²) in [6.45, 7) is 4.77. The van der Waals surface area contributed by atoms with Gasteiger partial charge in [0.05, 0.1) is 24.9 Å². The van der Waals surface area contributed by atoms with Crippen LogP contribution in [0.3, 0.4) is 0 Å². The van der Waals surface area contributed by atoms with E-state index in [4.69, 9.17) is 16.3 Å². The summed E-state index contributed by atoms with van der Waals surface area (Å²) in [7, 11) is 1.56. The third-order valence-corrected chi connectivity index (χ3v) is 5.53. The van der Waals surface area contributed by atoms with E-state index >= 15 is 0 Å². The number of hydrogen-bond acceptors (Lipinski definition) is 5. The maximum absolute atomic E-state index is 12.8. The molecule has 1 saturated heterocycles. The zero-order valence-electron chi connectivity index (χ0n) is 16.6. The van der Waals surface area contributed by atoms with Gasteiger partial charge in [-0.15, -0.1) is 0 Å². The molecule has 152 valence electrons. The summed E-state index contributed by atoms with van der Waals surface area (Å²) in [6, 6.07) is 16.8. The van der Waals surface area contributed by atoms with E-state index in [-0.39, 0.29) is 18.0 Å². The SMILES string of the molecule is COc1ccc(Cl)cc1NC(=O)C(C)N1CCN(C(C#N)c2ccccc2)CC1. The Morgan fingerprint density at radius 1 is 1.14 bits per heavy atom. The highest BCUT2D eigenvalue weighted by Crippen LogP contribution is 2.28. The number of nitriles is 1. The highest BCUT2D eigenvalue weighted by atomic mass is 35.5. The molecule has 29 heavy (non-hydrogen) atoms. The maximum Gasteiger partial charge on any atom is 0.241 e. The lowest BCUT2D eigenvalue weighted by atomic mass is 10.1. The summed E-state index contributed by atoms with van der Waals surface area (Å²) in [6.07, 6.45) is 0. The van der Waals surface area contributed by atoms with Crippen LogP contribution in [-0.4, -0.2) is 55.0 Å². The molecule has 0 aromatic heterocycles. The van der Waals surface area contributed by atoms with Gasteiger partial charge in [-0.25, -0.2) is 0 Å². The lowest BCUT2D eigenvalue weighted by Gasteiger charge is -2.39. The average Bonchev–Trinajstić information content (AvgIpc) is 2.75. The summed E-state index contributed by atoms with van der Waals surface area (Å²) < 4.78 is 5.30. The van der Waals surface area contributed by atoms with E-state index in [1.165, 1.54) is 0 Å². The summed E-state index contributed by atoms with van der Waals surface area (Å²) in [5, 5.41) is 13.1. The van der Waals surface area contributed by atoms with Gasteiger partial charge < -0.3 is 10.1 Å². The molecule has 1 heterocycles. The zero-order chi connectivity index (χ0) is 20.8. The largest absolute Gasteiger partial charge is 0.495 e. The molecule has 1 fully saturated rings. The van der Waals surface area contributed by atoms with Crippen molar-refractivity contribution in [1.29, 1.82) is 5.26 Å². The Kier molecular flexibility index (Phi) is 7.10. The second-order valence-corrected chi connectivity index (χ2v) is 7.46. The number of hydrogen-bond donors (Lipinski definition) is 1. The Morgan fingerprint density at radius 2 is 1.79 bits per heavy atom. The van der Waals surface area contributed by atoms with Crippen molar-refractivity contribution in [3.8, 4) is 11.8 Å². The molecule has 1 aliphatic heterocycles. The van der Waals surface area contributed by atoms with Crippen LogP contribution in [0.25, 0.3) is 0 Å². The number of halogens is 1. The fourth-order valence-corrected chi connectivity index (χ4v) is 3.74. The predicted octanol–water partition coefficient (Wildman–Crippen LogP) is 3.56. The molecule has 2 aromatic carbocycles. The number of ether oxygens (including phenoxy) is 1. The van der Waals surface area contributed by atoms with Crippen LogP contribution >= 0.6 is 11.6 Å². The second kappa shape index (κ2) is 9.75. The minimum atomic E-state index is -0.307. The number of carbonyl (C=O) groups is 1. The molecule has 0 bridgehead atoms. The molecule has 1 amide bonds. The van der Waals surface area contributed by atoms with Gasteiger partial charge >= 0.3 is 0 Å². The van der Waals surface area contributed by atoms with E-state index in [0.717, 1.165) is 18.7 Å². The summed E-state index contributed by atoms with van der Waals surface area (Å²) >= 11 is 6.05. The topological polar surface area (TPSA) is 68.6 Å². The van der Waals surface area contributed by atoms with Gasteiger partial charge in [0.2, 0.25) is 5.91 Å². The number of amides is 1. The first-order valence-electron chi connectivity index (χ1n) is 9.60. The molecule has 1 N–H and O–H groups in total. The first-order chi connectivity index (χ1) is 14.0. The third-order valence-electron chi connectivity index (χ3n) is 5.30. The van der Waals surface area contributed by atoms with Crippen LogP contribution in [0.4, 0.5) is 5.69 Å². The monoisotopic (exact) mass is 412 g/mol. The number of methoxy groups -OCH3 is 1. The quantitative estimate of drug-likeness (QED) is 0.785. The van der Waals surface area contributed by atoms with E-state index in [1.807, 2.05) is 37.3 Å². The molecule has 2 aromatic rings. The van der Waals surface area contributed by atoms with Crippen LogP contribution in [-0.2, 0) is 4.79 Å². The summed E-state index contributed by atoms with van der Waals surface area (Å²) in [5.74, 6) is 0.457. The molecular formula is C22H25ClN4O2. The number of piperazine rings is 1. The van der Waals surface area contributed by atoms with Gasteiger partial charge in [-0.05, 0) is 30.7 Å². The van der Waals surface area contributed by atoms with Crippen LogP contribution < -0.4 is 10.1 Å². The number of nitrogens with one attached hydrogen (secondary N) is 1. The van der Waals surface area contributed by atoms with Gasteiger partial charge in [0.25, 0.3) is 0 Å². The molecular weight excluding hydrogens is 388 g/mol. The third kappa shape index (κ3) is 5.07. The number of rotatable bonds is 6. The highest BCUT2D eigenvalue weighted by molar-refractivity contribution is 6.31. The minimum Gasteiger partial charge on any atom is -0.495 e. The van der Waals surface area contributed by atoms with Crippen molar-refractivity contribution in [1.82, 2.24) is 9.80 Å². The van der Waals surface area contributed by atoms with E-state index in [0.29, 0.717) is 29.5 Å². The molecule has 0 spiro atoms. The van der Waals surface area contributed by atoms with Crippen LogP contribution in [0.15, 0.2) is 48.5 Å². The fourth-order valence-electron chi connectivity index (χ4n) is 3.57. The minimum absolute atomic E-state index is 0.112. The van der Waals surface area contributed by atoms with Crippen molar-refractivity contribution in [3.63, 3.8) is 0 Å². The van der Waals surface area contributed by atoms with Crippen molar-refractivity contribution >= 4 is 23.2 Å². The van der Waals surface area contributed by atoms with Crippen molar-refractivity contribution in [2.75, 3.05) is 38.6 Å². The van der Waals surface area contributed by atoms with Crippen LogP contribution in [0.2, 0.25) is 5.02 Å². The lowest BCUT2D eigenvalue weighted by Crippen LogP contribution is -2.53. The average molecular weight is 413 g/mol. The maximum atomic E-state index is 12.8. The van der Waals surface area contributed by atoms with Gasteiger partial charge in [0.15, 0.2) is 0 Å². The van der Waals surface area contributed by atoms with E-state index in [2.05, 4.69) is 21.2 Å². The molecule has 1 aliphatic rings. The van der Waals surface area contributed by atoms with Gasteiger partial charge in [0, 0.05) is 31.2 Å². The van der Waals surface area contributed by atoms with E-state index in [9.17, 15) is 10.1 Å². The molecule has 2 unspecified atom stereocenters. The van der Waals surface area contributed by atoms with Crippen LogP contribution in [0.5, 0.6) is 5.75 Å². The number of benzene rings is 2. The Morgan fingerprint density at radius 3 is 2.41 bits per heavy atom. The van der Waals surface area contributed by atoms with Crippen molar-refractivity contribution in [2.45, 2.75) is 19.0 Å². The van der Waals surface area contributed by atoms with Gasteiger partial charge in [-0.2, -0.15) is 5.26 Å². The number of anilines is 1. The van der Waals surface area contributed by atoms with Gasteiger partial charge in [-0.1, -0.05) is 41.9 Å². The molecule has 2 atom stereocenters. The molecule has 7 heteroatoms. The van der Waals surface area contributed by atoms with Crippen LogP contribution in [0, 0.1) is 11.3 Å². The first kappa shape index (κ1) is 21.1. The Labute approximate surface area is 176 Å². The lowest BCUT2D eigenvalue weighted by molar-refractivity contribution is -0.121. The second-order valence-electron chi connectivity index (χ2n) is 7.02. The fraction of sp³-hybridized carbons (Fsp3) is 0.364. The summed E-state index contributed by atoms with van der Waals surface area (Å²) in [4.78, 5) is 17.1. The van der Waals surface area contributed by atoms with Crippen molar-refractivity contribution in [3.05, 3.63) is 59.1 Å². The Bertz CT molecular complexity index is 876. The molecule has 0 saturated carbocycles. The van der Waals surface area contributed by atoms with Gasteiger partial charge in [0.1, 0.15) is 11.8 Å². The standard InChI is InChI=1S/C22H25ClN4O2/c1-16(22(28)25-19-14-18(23)8-9-21(19)29-2)26-10-12-27(13-11-26)20(15-24)17-6-4-3-5-7-17/h3-9,14,16,20H,10-13H2,1-2H3,(H,25,28). The summed E-state index contributed by atoms with van der Waals surface area (Å²) in [5.41, 5.74) is 1.56. The predicted molar refractivity (Wildman–Crippen MR) is 114 cm³/mol.